The fraction of sp³-hybridized carbons (Fsp3) is 0.385. The average Bonchev–Trinajstić information content (AvgIpc) is 3.45. The van der Waals surface area contributed by atoms with Crippen molar-refractivity contribution in [1.82, 2.24) is 29.7 Å². The molecule has 172 valence electrons. The first-order valence-electron chi connectivity index (χ1n) is 11.7. The molecule has 3 aromatic heterocycles. The molecule has 0 spiro atoms. The van der Waals surface area contributed by atoms with Crippen LogP contribution in [0.3, 0.4) is 0 Å². The fourth-order valence-electron chi connectivity index (χ4n) is 4.17. The van der Waals surface area contributed by atoms with Gasteiger partial charge in [-0.05, 0) is 49.8 Å². The van der Waals surface area contributed by atoms with E-state index in [1.807, 2.05) is 23.9 Å². The quantitative estimate of drug-likeness (QED) is 0.399. The summed E-state index contributed by atoms with van der Waals surface area (Å²) in [6.07, 6.45) is 5.48. The highest BCUT2D eigenvalue weighted by atomic mass is 16.2. The molecular weight excluding hydrogens is 412 g/mol. The number of benzene rings is 1. The lowest BCUT2D eigenvalue weighted by Crippen LogP contribution is -2.28. The van der Waals surface area contributed by atoms with E-state index in [0.717, 1.165) is 41.9 Å². The normalized spacial score (nSPS) is 13.2. The van der Waals surface area contributed by atoms with Gasteiger partial charge in [0.2, 0.25) is 0 Å². The molecular formula is C26H32N6O. The Morgan fingerprint density at radius 3 is 2.42 bits per heavy atom. The van der Waals surface area contributed by atoms with E-state index >= 15 is 0 Å². The van der Waals surface area contributed by atoms with Gasteiger partial charge >= 0.3 is 0 Å². The van der Waals surface area contributed by atoms with Crippen LogP contribution >= 0.6 is 0 Å². The molecule has 4 rings (SSSR count). The highest BCUT2D eigenvalue weighted by Crippen LogP contribution is 2.25. The van der Waals surface area contributed by atoms with Crippen LogP contribution in [0.1, 0.15) is 79.8 Å². The summed E-state index contributed by atoms with van der Waals surface area (Å²) in [5.41, 5.74) is 6.30. The Morgan fingerprint density at radius 1 is 1.06 bits per heavy atom. The molecule has 0 aliphatic heterocycles. The van der Waals surface area contributed by atoms with Gasteiger partial charge in [0.15, 0.2) is 11.3 Å². The molecule has 1 N–H and O–H groups in total. The summed E-state index contributed by atoms with van der Waals surface area (Å²) in [7, 11) is 0. The number of amides is 1. The third-order valence-corrected chi connectivity index (χ3v) is 6.50. The number of nitrogens with zero attached hydrogens (tertiary/aromatic N) is 5. The molecule has 0 saturated carbocycles. The van der Waals surface area contributed by atoms with Crippen LogP contribution in [0.4, 0.5) is 0 Å². The molecule has 7 heteroatoms. The van der Waals surface area contributed by atoms with Crippen LogP contribution in [-0.2, 0) is 6.54 Å². The van der Waals surface area contributed by atoms with Gasteiger partial charge in [-0.1, -0.05) is 45.0 Å². The van der Waals surface area contributed by atoms with Crippen molar-refractivity contribution in [1.29, 1.82) is 0 Å². The molecule has 0 radical (unpaired) electrons. The SMILES string of the molecule is CCC(C)c1ccc(C(CC)NC(=O)c2cc3nccc(-c4cnn(CC)c4C)n3n2)cc1. The topological polar surface area (TPSA) is 77.1 Å². The van der Waals surface area contributed by atoms with E-state index in [0.29, 0.717) is 17.3 Å². The van der Waals surface area contributed by atoms with Crippen LogP contribution in [0.15, 0.2) is 48.8 Å². The van der Waals surface area contributed by atoms with Crippen molar-refractivity contribution in [2.24, 2.45) is 0 Å². The molecule has 4 aromatic rings. The van der Waals surface area contributed by atoms with E-state index in [-0.39, 0.29) is 11.9 Å². The zero-order valence-electron chi connectivity index (χ0n) is 20.0. The number of aryl methyl sites for hydroxylation is 1. The summed E-state index contributed by atoms with van der Waals surface area (Å²) in [4.78, 5) is 17.5. The van der Waals surface area contributed by atoms with E-state index in [1.165, 1.54) is 5.56 Å². The summed E-state index contributed by atoms with van der Waals surface area (Å²) in [5, 5.41) is 12.2. The largest absolute Gasteiger partial charge is 0.344 e. The maximum atomic E-state index is 13.1. The van der Waals surface area contributed by atoms with Crippen molar-refractivity contribution >= 4 is 11.6 Å². The minimum absolute atomic E-state index is 0.0780. The highest BCUT2D eigenvalue weighted by Gasteiger charge is 2.19. The van der Waals surface area contributed by atoms with E-state index in [1.54, 1.807) is 16.8 Å². The summed E-state index contributed by atoms with van der Waals surface area (Å²) in [5.74, 6) is 0.326. The number of nitrogens with one attached hydrogen (secondary N) is 1. The number of carbonyl (C=O) groups is 1. The smallest absolute Gasteiger partial charge is 0.272 e. The second kappa shape index (κ2) is 9.57. The lowest BCUT2D eigenvalue weighted by Gasteiger charge is -2.18. The van der Waals surface area contributed by atoms with Crippen molar-refractivity contribution in [2.45, 2.75) is 66.0 Å². The summed E-state index contributed by atoms with van der Waals surface area (Å²) >= 11 is 0. The Kier molecular flexibility index (Phi) is 6.58. The minimum Gasteiger partial charge on any atom is -0.344 e. The predicted octanol–water partition coefficient (Wildman–Crippen LogP) is 5.32. The maximum absolute atomic E-state index is 13.1. The third-order valence-electron chi connectivity index (χ3n) is 6.50. The Morgan fingerprint density at radius 2 is 1.79 bits per heavy atom. The zero-order valence-corrected chi connectivity index (χ0v) is 20.0. The number of fused-ring (bicyclic) bond motifs is 1. The van der Waals surface area contributed by atoms with Gasteiger partial charge in [-0.2, -0.15) is 10.2 Å². The number of rotatable bonds is 8. The van der Waals surface area contributed by atoms with Crippen LogP contribution in [-0.4, -0.2) is 30.3 Å². The lowest BCUT2D eigenvalue weighted by atomic mass is 9.95. The maximum Gasteiger partial charge on any atom is 0.272 e. The minimum atomic E-state index is -0.203. The van der Waals surface area contributed by atoms with Gasteiger partial charge in [0.1, 0.15) is 0 Å². The Hall–Kier alpha value is -3.48. The second-order valence-corrected chi connectivity index (χ2v) is 8.50. The van der Waals surface area contributed by atoms with Crippen LogP contribution in [0.2, 0.25) is 0 Å². The van der Waals surface area contributed by atoms with Crippen molar-refractivity contribution in [3.8, 4) is 11.3 Å². The van der Waals surface area contributed by atoms with Crippen molar-refractivity contribution in [3.05, 3.63) is 71.3 Å². The molecule has 3 heterocycles. The molecule has 0 saturated heterocycles. The van der Waals surface area contributed by atoms with Gasteiger partial charge < -0.3 is 5.32 Å². The first kappa shape index (κ1) is 22.7. The fourth-order valence-corrected chi connectivity index (χ4v) is 4.17. The summed E-state index contributed by atoms with van der Waals surface area (Å²) in [6.45, 7) is 11.4. The Balaban J connectivity index is 1.59. The molecule has 0 aliphatic carbocycles. The molecule has 0 fully saturated rings. The predicted molar refractivity (Wildman–Crippen MR) is 130 cm³/mol. The van der Waals surface area contributed by atoms with Gasteiger partial charge in [0.05, 0.1) is 17.9 Å². The molecule has 1 amide bonds. The number of carbonyl (C=O) groups excluding carboxylic acids is 1. The third kappa shape index (κ3) is 4.40. The van der Waals surface area contributed by atoms with Gasteiger partial charge in [-0.3, -0.25) is 9.48 Å². The van der Waals surface area contributed by atoms with Crippen molar-refractivity contribution < 1.29 is 4.79 Å². The van der Waals surface area contributed by atoms with E-state index < -0.39 is 0 Å². The molecule has 1 aromatic carbocycles. The summed E-state index contributed by atoms with van der Waals surface area (Å²) in [6, 6.07) is 12.1. The average molecular weight is 445 g/mol. The van der Waals surface area contributed by atoms with Crippen molar-refractivity contribution in [3.63, 3.8) is 0 Å². The van der Waals surface area contributed by atoms with Crippen LogP contribution in [0.25, 0.3) is 16.9 Å². The first-order valence-corrected chi connectivity index (χ1v) is 11.7. The number of aromatic nitrogens is 5. The molecule has 0 bridgehead atoms. The highest BCUT2D eigenvalue weighted by molar-refractivity contribution is 5.93. The van der Waals surface area contributed by atoms with Gasteiger partial charge in [-0.15, -0.1) is 0 Å². The van der Waals surface area contributed by atoms with Crippen LogP contribution in [0.5, 0.6) is 0 Å². The van der Waals surface area contributed by atoms with E-state index in [4.69, 9.17) is 0 Å². The van der Waals surface area contributed by atoms with Gasteiger partial charge in [0.25, 0.3) is 5.91 Å². The molecule has 2 unspecified atom stereocenters. The van der Waals surface area contributed by atoms with E-state index in [9.17, 15) is 4.79 Å². The van der Waals surface area contributed by atoms with E-state index in [2.05, 4.69) is 72.5 Å². The Labute approximate surface area is 194 Å². The number of hydrogen-bond donors (Lipinski definition) is 1. The molecule has 7 nitrogen and oxygen atoms in total. The molecule has 0 aliphatic rings. The Bertz CT molecular complexity index is 1250. The standard InChI is InChI=1S/C26H32N6O/c1-6-17(4)19-9-11-20(12-10-19)22(7-2)29-26(33)23-15-25-27-14-13-24(32(25)30-23)21-16-28-31(8-3)18(21)5/h9-17,22H,6-8H2,1-5H3,(H,29,33). The molecule has 2 atom stereocenters. The van der Waals surface area contributed by atoms with Gasteiger partial charge in [-0.25, -0.2) is 9.50 Å². The first-order chi connectivity index (χ1) is 16.0. The number of hydrogen-bond acceptors (Lipinski definition) is 4. The monoisotopic (exact) mass is 444 g/mol. The second-order valence-electron chi connectivity index (χ2n) is 8.50. The van der Waals surface area contributed by atoms with Crippen LogP contribution < -0.4 is 5.32 Å². The lowest BCUT2D eigenvalue weighted by molar-refractivity contribution is 0.0930. The molecule has 33 heavy (non-hydrogen) atoms. The zero-order chi connectivity index (χ0) is 23.5. The van der Waals surface area contributed by atoms with Crippen LogP contribution in [0, 0.1) is 6.92 Å². The van der Waals surface area contributed by atoms with Gasteiger partial charge in [0, 0.05) is 30.1 Å². The summed E-state index contributed by atoms with van der Waals surface area (Å²) < 4.78 is 3.66. The van der Waals surface area contributed by atoms with Crippen molar-refractivity contribution in [2.75, 3.05) is 0 Å².